The number of aliphatic hydroxyl groups is 1. The van der Waals surface area contributed by atoms with Gasteiger partial charge in [-0.25, -0.2) is 0 Å². The Morgan fingerprint density at radius 2 is 1.70 bits per heavy atom. The van der Waals surface area contributed by atoms with Crippen LogP contribution in [0.3, 0.4) is 0 Å². The Morgan fingerprint density at radius 3 is 2.30 bits per heavy atom. The van der Waals surface area contributed by atoms with E-state index < -0.39 is 6.10 Å². The molecule has 2 heteroatoms. The molecule has 3 unspecified atom stereocenters. The number of hydrogen-bond donors (Lipinski definition) is 1. The fourth-order valence-corrected chi connectivity index (χ4v) is 2.94. The van der Waals surface area contributed by atoms with Gasteiger partial charge in [-0.05, 0) is 35.8 Å². The lowest BCUT2D eigenvalue weighted by atomic mass is 9.88. The molecule has 2 rings (SSSR count). The van der Waals surface area contributed by atoms with E-state index in [0.29, 0.717) is 24.5 Å². The van der Waals surface area contributed by atoms with E-state index in [9.17, 15) is 5.11 Å². The van der Waals surface area contributed by atoms with Crippen LogP contribution in [0, 0.1) is 5.92 Å². The zero-order valence-electron chi connectivity index (χ0n) is 13.0. The lowest BCUT2D eigenvalue weighted by Gasteiger charge is -2.29. The normalized spacial score (nSPS) is 24.9. The third-order valence-electron chi connectivity index (χ3n) is 4.49. The molecule has 0 amide bonds. The van der Waals surface area contributed by atoms with Gasteiger partial charge in [0.2, 0.25) is 0 Å². The Balaban J connectivity index is 1.86. The molecular formula is C18H28O2. The second-order valence-corrected chi connectivity index (χ2v) is 6.47. The highest BCUT2D eigenvalue weighted by molar-refractivity contribution is 5.26. The van der Waals surface area contributed by atoms with Gasteiger partial charge in [0.15, 0.2) is 0 Å². The standard InChI is InChI=1S/C18H28O2/c1-13(2)15-8-10-16(11-9-15)17(19)12-20-18-7-5-4-6-14(18)3/h8-11,13-14,17-19H,4-7,12H2,1-3H3. The van der Waals surface area contributed by atoms with Crippen molar-refractivity contribution >= 4 is 0 Å². The molecule has 0 bridgehead atoms. The number of aliphatic hydroxyl groups excluding tert-OH is 1. The minimum absolute atomic E-state index is 0.327. The van der Waals surface area contributed by atoms with Crippen molar-refractivity contribution in [3.05, 3.63) is 35.4 Å². The van der Waals surface area contributed by atoms with E-state index in [4.69, 9.17) is 4.74 Å². The molecule has 0 aromatic heterocycles. The summed E-state index contributed by atoms with van der Waals surface area (Å²) in [6.45, 7) is 7.03. The Labute approximate surface area is 123 Å². The van der Waals surface area contributed by atoms with E-state index >= 15 is 0 Å². The van der Waals surface area contributed by atoms with Gasteiger partial charge in [0.05, 0.1) is 12.7 Å². The van der Waals surface area contributed by atoms with Gasteiger partial charge in [0.25, 0.3) is 0 Å². The van der Waals surface area contributed by atoms with Gasteiger partial charge < -0.3 is 9.84 Å². The van der Waals surface area contributed by atoms with E-state index in [0.717, 1.165) is 12.0 Å². The summed E-state index contributed by atoms with van der Waals surface area (Å²) in [5.74, 6) is 1.15. The number of rotatable bonds is 5. The van der Waals surface area contributed by atoms with Gasteiger partial charge in [0.1, 0.15) is 6.10 Å². The summed E-state index contributed by atoms with van der Waals surface area (Å²) in [7, 11) is 0. The third kappa shape index (κ3) is 4.07. The molecule has 1 aromatic rings. The van der Waals surface area contributed by atoms with Crippen molar-refractivity contribution in [2.24, 2.45) is 5.92 Å². The number of hydrogen-bond acceptors (Lipinski definition) is 2. The summed E-state index contributed by atoms with van der Waals surface area (Å²) in [6.07, 6.45) is 4.79. The van der Waals surface area contributed by atoms with Crippen molar-refractivity contribution in [2.45, 2.75) is 64.6 Å². The topological polar surface area (TPSA) is 29.5 Å². The van der Waals surface area contributed by atoms with Crippen LogP contribution in [0.5, 0.6) is 0 Å². The highest BCUT2D eigenvalue weighted by Gasteiger charge is 2.22. The molecule has 0 spiro atoms. The zero-order valence-corrected chi connectivity index (χ0v) is 13.0. The highest BCUT2D eigenvalue weighted by atomic mass is 16.5. The Bertz CT molecular complexity index is 396. The summed E-state index contributed by atoms with van der Waals surface area (Å²) < 4.78 is 5.94. The molecule has 1 aliphatic rings. The Hall–Kier alpha value is -0.860. The van der Waals surface area contributed by atoms with Gasteiger partial charge in [-0.1, -0.05) is 57.9 Å². The summed E-state index contributed by atoms with van der Waals surface area (Å²) >= 11 is 0. The summed E-state index contributed by atoms with van der Waals surface area (Å²) in [5, 5.41) is 10.2. The van der Waals surface area contributed by atoms with Crippen LogP contribution in [-0.2, 0) is 4.74 Å². The molecule has 1 aromatic carbocycles. The van der Waals surface area contributed by atoms with Gasteiger partial charge >= 0.3 is 0 Å². The quantitative estimate of drug-likeness (QED) is 0.861. The van der Waals surface area contributed by atoms with Crippen molar-refractivity contribution in [1.29, 1.82) is 0 Å². The number of ether oxygens (including phenoxy) is 1. The molecule has 20 heavy (non-hydrogen) atoms. The van der Waals surface area contributed by atoms with Gasteiger partial charge in [0, 0.05) is 0 Å². The SMILES string of the molecule is CC(C)c1ccc(C(O)COC2CCCCC2C)cc1. The van der Waals surface area contributed by atoms with Crippen molar-refractivity contribution < 1.29 is 9.84 Å². The minimum Gasteiger partial charge on any atom is -0.386 e. The van der Waals surface area contributed by atoms with E-state index in [1.807, 2.05) is 12.1 Å². The van der Waals surface area contributed by atoms with E-state index in [1.54, 1.807) is 0 Å². The molecular weight excluding hydrogens is 248 g/mol. The molecule has 1 aliphatic carbocycles. The van der Waals surface area contributed by atoms with E-state index in [-0.39, 0.29) is 0 Å². The van der Waals surface area contributed by atoms with Crippen molar-refractivity contribution in [3.8, 4) is 0 Å². The smallest absolute Gasteiger partial charge is 0.102 e. The minimum atomic E-state index is -0.509. The van der Waals surface area contributed by atoms with Crippen molar-refractivity contribution in [2.75, 3.05) is 6.61 Å². The molecule has 0 saturated heterocycles. The summed E-state index contributed by atoms with van der Waals surface area (Å²) in [6, 6.07) is 8.25. The van der Waals surface area contributed by atoms with Crippen LogP contribution >= 0.6 is 0 Å². The maximum Gasteiger partial charge on any atom is 0.102 e. The second-order valence-electron chi connectivity index (χ2n) is 6.47. The van der Waals surface area contributed by atoms with Crippen LogP contribution in [0.1, 0.15) is 69.6 Å². The molecule has 112 valence electrons. The number of benzene rings is 1. The predicted octanol–water partition coefficient (Wildman–Crippen LogP) is 4.44. The highest BCUT2D eigenvalue weighted by Crippen LogP contribution is 2.27. The predicted molar refractivity (Wildman–Crippen MR) is 82.9 cm³/mol. The lowest BCUT2D eigenvalue weighted by molar-refractivity contribution is -0.0467. The fourth-order valence-electron chi connectivity index (χ4n) is 2.94. The second kappa shape index (κ2) is 7.24. The molecule has 1 saturated carbocycles. The van der Waals surface area contributed by atoms with Gasteiger partial charge in [-0.2, -0.15) is 0 Å². The first kappa shape index (κ1) is 15.5. The Kier molecular flexibility index (Phi) is 5.62. The van der Waals surface area contributed by atoms with Crippen LogP contribution in [0.2, 0.25) is 0 Å². The van der Waals surface area contributed by atoms with E-state index in [1.165, 1.54) is 24.8 Å². The molecule has 0 heterocycles. The Morgan fingerprint density at radius 1 is 1.10 bits per heavy atom. The maximum atomic E-state index is 10.2. The van der Waals surface area contributed by atoms with Gasteiger partial charge in [-0.3, -0.25) is 0 Å². The van der Waals surface area contributed by atoms with Crippen molar-refractivity contribution in [3.63, 3.8) is 0 Å². The molecule has 2 nitrogen and oxygen atoms in total. The molecule has 1 N–H and O–H groups in total. The van der Waals surface area contributed by atoms with Crippen molar-refractivity contribution in [1.82, 2.24) is 0 Å². The average Bonchev–Trinajstić information content (AvgIpc) is 2.46. The molecule has 3 atom stereocenters. The monoisotopic (exact) mass is 276 g/mol. The van der Waals surface area contributed by atoms with Gasteiger partial charge in [-0.15, -0.1) is 0 Å². The first-order chi connectivity index (χ1) is 9.58. The van der Waals surface area contributed by atoms with Crippen LogP contribution in [0.4, 0.5) is 0 Å². The van der Waals surface area contributed by atoms with Crippen LogP contribution in [-0.4, -0.2) is 17.8 Å². The maximum absolute atomic E-state index is 10.2. The van der Waals surface area contributed by atoms with E-state index in [2.05, 4.69) is 32.9 Å². The van der Waals surface area contributed by atoms with Crippen LogP contribution < -0.4 is 0 Å². The molecule has 0 radical (unpaired) electrons. The largest absolute Gasteiger partial charge is 0.386 e. The first-order valence-electron chi connectivity index (χ1n) is 7.97. The lowest BCUT2D eigenvalue weighted by Crippen LogP contribution is -2.27. The average molecular weight is 276 g/mol. The van der Waals surface area contributed by atoms with Crippen LogP contribution in [0.25, 0.3) is 0 Å². The molecule has 0 aliphatic heterocycles. The molecule has 1 fully saturated rings. The fraction of sp³-hybridized carbons (Fsp3) is 0.667. The third-order valence-corrected chi connectivity index (χ3v) is 4.49. The summed E-state index contributed by atoms with van der Waals surface area (Å²) in [5.41, 5.74) is 2.26. The van der Waals surface area contributed by atoms with Crippen LogP contribution in [0.15, 0.2) is 24.3 Å². The zero-order chi connectivity index (χ0) is 14.5. The first-order valence-corrected chi connectivity index (χ1v) is 7.97. The summed E-state index contributed by atoms with van der Waals surface area (Å²) in [4.78, 5) is 0.